The number of hydrogen-bond acceptors (Lipinski definition) is 2. The highest BCUT2D eigenvalue weighted by molar-refractivity contribution is 5.87. The third kappa shape index (κ3) is 3.57. The fourth-order valence-electron chi connectivity index (χ4n) is 1.79. The van der Waals surface area contributed by atoms with E-state index >= 15 is 0 Å². The van der Waals surface area contributed by atoms with Crippen molar-refractivity contribution >= 4 is 10.8 Å². The fraction of sp³-hybridized carbons (Fsp3) is 0.0588. The summed E-state index contributed by atoms with van der Waals surface area (Å²) in [4.78, 5) is 0. The van der Waals surface area contributed by atoms with Crippen molar-refractivity contribution in [3.05, 3.63) is 78.4 Å². The molecule has 19 heavy (non-hydrogen) atoms. The predicted octanol–water partition coefficient (Wildman–Crippen LogP) is 3.72. The third-order valence-electron chi connectivity index (χ3n) is 2.79. The lowest BCUT2D eigenvalue weighted by Crippen LogP contribution is -1.77. The van der Waals surface area contributed by atoms with Crippen LogP contribution in [0, 0.1) is 0 Å². The molecule has 3 rings (SSSR count). The molecule has 0 aliphatic carbocycles. The molecule has 0 spiro atoms. The van der Waals surface area contributed by atoms with E-state index in [0.717, 1.165) is 16.3 Å². The molecule has 0 aliphatic rings. The Bertz CT molecular complexity index is 628. The van der Waals surface area contributed by atoms with Gasteiger partial charge < -0.3 is 10.2 Å². The van der Waals surface area contributed by atoms with E-state index in [1.165, 1.54) is 0 Å². The monoisotopic (exact) mass is 252 g/mol. The zero-order chi connectivity index (χ0) is 13.5. The number of phenols is 1. The summed E-state index contributed by atoms with van der Waals surface area (Å²) in [7, 11) is 0. The van der Waals surface area contributed by atoms with E-state index in [9.17, 15) is 5.11 Å². The molecule has 2 heteroatoms. The molecule has 0 atom stereocenters. The van der Waals surface area contributed by atoms with E-state index in [2.05, 4.69) is 0 Å². The fourth-order valence-corrected chi connectivity index (χ4v) is 1.79. The lowest BCUT2D eigenvalue weighted by Gasteiger charge is -1.97. The summed E-state index contributed by atoms with van der Waals surface area (Å²) in [5.74, 6) is 0.350. The molecular weight excluding hydrogens is 236 g/mol. The molecular formula is C17H16O2. The Morgan fingerprint density at radius 2 is 1.32 bits per heavy atom. The molecule has 2 N–H and O–H groups in total. The van der Waals surface area contributed by atoms with Crippen LogP contribution in [-0.4, -0.2) is 10.2 Å². The zero-order valence-electron chi connectivity index (χ0n) is 10.5. The Balaban J connectivity index is 0.000000148. The summed E-state index contributed by atoms with van der Waals surface area (Å²) in [6.07, 6.45) is 0. The molecule has 0 radical (unpaired) electrons. The van der Waals surface area contributed by atoms with Gasteiger partial charge in [0.15, 0.2) is 0 Å². The number of aliphatic hydroxyl groups is 1. The van der Waals surface area contributed by atoms with E-state index in [1.54, 1.807) is 6.07 Å². The molecule has 0 fully saturated rings. The summed E-state index contributed by atoms with van der Waals surface area (Å²) in [6.45, 7) is 0.140. The SMILES string of the molecule is OCc1ccccc1.Oc1cccc2ccccc12. The lowest BCUT2D eigenvalue weighted by molar-refractivity contribution is 0.282. The molecule has 2 nitrogen and oxygen atoms in total. The van der Waals surface area contributed by atoms with Crippen LogP contribution in [0.15, 0.2) is 72.8 Å². The summed E-state index contributed by atoms with van der Waals surface area (Å²) in [5.41, 5.74) is 0.965. The van der Waals surface area contributed by atoms with Gasteiger partial charge in [-0.15, -0.1) is 0 Å². The van der Waals surface area contributed by atoms with Crippen molar-refractivity contribution in [2.24, 2.45) is 0 Å². The first-order valence-electron chi connectivity index (χ1n) is 6.13. The molecule has 3 aromatic rings. The maximum Gasteiger partial charge on any atom is 0.123 e. The molecule has 0 saturated heterocycles. The Hall–Kier alpha value is -2.32. The van der Waals surface area contributed by atoms with Crippen LogP contribution in [0.3, 0.4) is 0 Å². The summed E-state index contributed by atoms with van der Waals surface area (Å²) < 4.78 is 0. The Morgan fingerprint density at radius 1 is 0.684 bits per heavy atom. The largest absolute Gasteiger partial charge is 0.507 e. The maximum atomic E-state index is 9.37. The van der Waals surface area contributed by atoms with E-state index in [-0.39, 0.29) is 6.61 Å². The maximum absolute atomic E-state index is 9.37. The second kappa shape index (κ2) is 6.57. The van der Waals surface area contributed by atoms with Gasteiger partial charge in [-0.3, -0.25) is 0 Å². The smallest absolute Gasteiger partial charge is 0.123 e. The summed E-state index contributed by atoms with van der Waals surface area (Å²) in [5, 5.41) is 19.9. The first kappa shape index (κ1) is 13.1. The van der Waals surface area contributed by atoms with Crippen LogP contribution in [0.1, 0.15) is 5.56 Å². The average Bonchev–Trinajstić information content (AvgIpc) is 2.49. The Labute approximate surface area is 112 Å². The number of aromatic hydroxyl groups is 1. The first-order valence-corrected chi connectivity index (χ1v) is 6.13. The van der Waals surface area contributed by atoms with Gasteiger partial charge in [-0.25, -0.2) is 0 Å². The average molecular weight is 252 g/mol. The van der Waals surface area contributed by atoms with E-state index in [0.29, 0.717) is 5.75 Å². The van der Waals surface area contributed by atoms with Crippen LogP contribution >= 0.6 is 0 Å². The van der Waals surface area contributed by atoms with Crippen LogP contribution in [0.5, 0.6) is 5.75 Å². The minimum atomic E-state index is 0.140. The lowest BCUT2D eigenvalue weighted by atomic mass is 10.1. The van der Waals surface area contributed by atoms with Gasteiger partial charge in [0.25, 0.3) is 0 Å². The molecule has 0 aliphatic heterocycles. The molecule has 0 bridgehead atoms. The summed E-state index contributed by atoms with van der Waals surface area (Å²) >= 11 is 0. The molecule has 3 aromatic carbocycles. The minimum Gasteiger partial charge on any atom is -0.507 e. The highest BCUT2D eigenvalue weighted by atomic mass is 16.3. The van der Waals surface area contributed by atoms with Crippen molar-refractivity contribution in [3.63, 3.8) is 0 Å². The van der Waals surface area contributed by atoms with Crippen LogP contribution in [0.4, 0.5) is 0 Å². The van der Waals surface area contributed by atoms with Crippen molar-refractivity contribution in [1.82, 2.24) is 0 Å². The van der Waals surface area contributed by atoms with Gasteiger partial charge in [0.1, 0.15) is 5.75 Å². The second-order valence-corrected chi connectivity index (χ2v) is 4.14. The Kier molecular flexibility index (Phi) is 4.54. The van der Waals surface area contributed by atoms with Gasteiger partial charge in [0.05, 0.1) is 6.61 Å². The van der Waals surface area contributed by atoms with Gasteiger partial charge in [-0.05, 0) is 17.0 Å². The number of hydrogen-bond donors (Lipinski definition) is 2. The number of fused-ring (bicyclic) bond motifs is 1. The van der Waals surface area contributed by atoms with E-state index < -0.39 is 0 Å². The van der Waals surface area contributed by atoms with E-state index in [1.807, 2.05) is 66.7 Å². The van der Waals surface area contributed by atoms with Crippen molar-refractivity contribution in [1.29, 1.82) is 0 Å². The van der Waals surface area contributed by atoms with Gasteiger partial charge in [-0.2, -0.15) is 0 Å². The topological polar surface area (TPSA) is 40.5 Å². The highest BCUT2D eigenvalue weighted by Gasteiger charge is 1.94. The predicted molar refractivity (Wildman–Crippen MR) is 78.0 cm³/mol. The van der Waals surface area contributed by atoms with Crippen molar-refractivity contribution in [2.45, 2.75) is 6.61 Å². The number of phenolic OH excluding ortho intramolecular Hbond substituents is 1. The quantitative estimate of drug-likeness (QED) is 0.693. The van der Waals surface area contributed by atoms with Crippen molar-refractivity contribution in [2.75, 3.05) is 0 Å². The molecule has 0 unspecified atom stereocenters. The van der Waals surface area contributed by atoms with Gasteiger partial charge in [0.2, 0.25) is 0 Å². The molecule has 96 valence electrons. The number of rotatable bonds is 1. The standard InChI is InChI=1S/C10H8O.C7H8O/c11-10-7-3-5-8-4-1-2-6-9(8)10;8-6-7-4-2-1-3-5-7/h1-7,11H;1-5,8H,6H2. The van der Waals surface area contributed by atoms with Crippen molar-refractivity contribution < 1.29 is 10.2 Å². The molecule has 0 aromatic heterocycles. The normalized spacial score (nSPS) is 9.74. The van der Waals surface area contributed by atoms with Crippen LogP contribution in [0.2, 0.25) is 0 Å². The van der Waals surface area contributed by atoms with Gasteiger partial charge >= 0.3 is 0 Å². The third-order valence-corrected chi connectivity index (χ3v) is 2.79. The molecule has 0 amide bonds. The van der Waals surface area contributed by atoms with Gasteiger partial charge in [0, 0.05) is 5.39 Å². The van der Waals surface area contributed by atoms with E-state index in [4.69, 9.17) is 5.11 Å². The highest BCUT2D eigenvalue weighted by Crippen LogP contribution is 2.22. The molecule has 0 heterocycles. The summed E-state index contributed by atoms with van der Waals surface area (Å²) in [6, 6.07) is 22.8. The van der Waals surface area contributed by atoms with Crippen molar-refractivity contribution in [3.8, 4) is 5.75 Å². The first-order chi connectivity index (χ1) is 9.31. The second-order valence-electron chi connectivity index (χ2n) is 4.14. The zero-order valence-corrected chi connectivity index (χ0v) is 10.5. The number of aliphatic hydroxyl groups excluding tert-OH is 1. The minimum absolute atomic E-state index is 0.140. The van der Waals surface area contributed by atoms with Crippen LogP contribution in [-0.2, 0) is 6.61 Å². The van der Waals surface area contributed by atoms with Gasteiger partial charge in [-0.1, -0.05) is 66.7 Å². The number of benzene rings is 3. The Morgan fingerprint density at radius 3 is 1.95 bits per heavy atom. The molecule has 0 saturated carbocycles. The van der Waals surface area contributed by atoms with Crippen LogP contribution < -0.4 is 0 Å². The van der Waals surface area contributed by atoms with Crippen LogP contribution in [0.25, 0.3) is 10.8 Å².